The topological polar surface area (TPSA) is 226 Å². The summed E-state index contributed by atoms with van der Waals surface area (Å²) in [7, 11) is 3.61. The number of rotatable bonds is 6. The van der Waals surface area contributed by atoms with Gasteiger partial charge in [0.1, 0.15) is 5.75 Å². The Balaban J connectivity index is 0.000000837. The van der Waals surface area contributed by atoms with E-state index in [0.717, 1.165) is 16.9 Å². The Morgan fingerprint density at radius 2 is 0.980 bits per heavy atom. The van der Waals surface area contributed by atoms with E-state index >= 15 is 0 Å². The van der Waals surface area contributed by atoms with Gasteiger partial charge in [-0.2, -0.15) is 0 Å². The van der Waals surface area contributed by atoms with Gasteiger partial charge >= 0.3 is 19.5 Å². The molecular weight excluding hydrogens is 694 g/mol. The molecule has 250 valence electrons. The van der Waals surface area contributed by atoms with Gasteiger partial charge in [0, 0.05) is 37.7 Å². The summed E-state index contributed by atoms with van der Waals surface area (Å²) >= 11 is 0. The van der Waals surface area contributed by atoms with E-state index in [-0.39, 0.29) is 47.7 Å². The second-order valence-corrected chi connectivity index (χ2v) is 10.1. The Morgan fingerprint density at radius 3 is 1.29 bits per heavy atom. The number of hydrogen-bond acceptors (Lipinski definition) is 9. The Kier molecular flexibility index (Phi) is 13.6. The molecule has 3 N–H and O–H groups in total. The monoisotopic (exact) mass is 724 g/mol. The van der Waals surface area contributed by atoms with Crippen molar-refractivity contribution in [1.29, 1.82) is 0 Å². The van der Waals surface area contributed by atoms with Gasteiger partial charge in [-0.1, -0.05) is 36.4 Å². The minimum Gasteiger partial charge on any atom is -0.507 e. The zero-order chi connectivity index (χ0) is 35.7. The van der Waals surface area contributed by atoms with Gasteiger partial charge in [-0.05, 0) is 62.7 Å². The van der Waals surface area contributed by atoms with E-state index in [1.54, 1.807) is 45.0 Å². The molecule has 17 nitrogen and oxygen atoms in total. The summed E-state index contributed by atoms with van der Waals surface area (Å²) in [5.74, 6) is -0.0490. The molecular formula is C31H32N8O9Zn+2. The van der Waals surface area contributed by atoms with Gasteiger partial charge in [0.2, 0.25) is 0 Å². The molecule has 0 aliphatic rings. The number of phenolic OH excluding ortho intramolecular Hbond substituents is 1. The third-order valence-electron chi connectivity index (χ3n) is 7.03. The summed E-state index contributed by atoms with van der Waals surface area (Å²) in [5, 5.41) is 38.3. The van der Waals surface area contributed by atoms with Crippen LogP contribution < -0.4 is 11.1 Å². The van der Waals surface area contributed by atoms with Crippen molar-refractivity contribution in [1.82, 2.24) is 18.7 Å². The van der Waals surface area contributed by atoms with Crippen LogP contribution in [-0.4, -0.2) is 56.9 Å². The molecule has 0 saturated carbocycles. The molecule has 5 aromatic rings. The van der Waals surface area contributed by atoms with Crippen LogP contribution in [0.15, 0.2) is 92.4 Å². The van der Waals surface area contributed by atoms with Gasteiger partial charge in [0.05, 0.1) is 22.8 Å². The van der Waals surface area contributed by atoms with E-state index in [1.807, 2.05) is 81.4 Å². The SMILES string of the molecule is Cc1cc(C=Nc2c(C)n(C)n(-c3ccccc3)c2=O)c(O)c(C=Nc2c(C)n(C)n(-c3ccccc3)c2=O)c1.O=[N+]([O-])O.O=[N+]([O-])O.[Zn+2]. The molecule has 2 heterocycles. The van der Waals surface area contributed by atoms with Crippen molar-refractivity contribution >= 4 is 23.8 Å². The fourth-order valence-corrected chi connectivity index (χ4v) is 4.71. The van der Waals surface area contributed by atoms with Gasteiger partial charge in [0.15, 0.2) is 11.4 Å². The molecule has 49 heavy (non-hydrogen) atoms. The summed E-state index contributed by atoms with van der Waals surface area (Å²) < 4.78 is 6.62. The zero-order valence-corrected chi connectivity index (χ0v) is 30.1. The maximum absolute atomic E-state index is 13.2. The Morgan fingerprint density at radius 1 is 0.673 bits per heavy atom. The summed E-state index contributed by atoms with van der Waals surface area (Å²) in [4.78, 5) is 52.1. The molecule has 0 amide bonds. The van der Waals surface area contributed by atoms with Crippen LogP contribution in [0.2, 0.25) is 0 Å². The minimum absolute atomic E-state index is 0. The predicted molar refractivity (Wildman–Crippen MR) is 176 cm³/mol. The second-order valence-electron chi connectivity index (χ2n) is 10.1. The van der Waals surface area contributed by atoms with Crippen molar-refractivity contribution in [2.24, 2.45) is 24.1 Å². The molecule has 0 aliphatic carbocycles. The molecule has 5 rings (SSSR count). The van der Waals surface area contributed by atoms with E-state index < -0.39 is 10.2 Å². The number of aliphatic imine (C=N–C) groups is 2. The zero-order valence-electron chi connectivity index (χ0n) is 27.2. The number of aromatic hydroxyl groups is 1. The molecule has 0 bridgehead atoms. The van der Waals surface area contributed by atoms with Crippen LogP contribution >= 0.6 is 0 Å². The van der Waals surface area contributed by atoms with Crippen LogP contribution in [0, 0.1) is 41.0 Å². The Labute approximate surface area is 290 Å². The van der Waals surface area contributed by atoms with Crippen molar-refractivity contribution in [3.8, 4) is 17.1 Å². The fraction of sp³-hybridized carbons (Fsp3) is 0.161. The summed E-state index contributed by atoms with van der Waals surface area (Å²) in [5.41, 5.74) is 4.62. The van der Waals surface area contributed by atoms with E-state index in [2.05, 4.69) is 9.98 Å². The minimum atomic E-state index is -1.50. The first kappa shape index (κ1) is 39.0. The maximum atomic E-state index is 13.2. The molecule has 0 spiro atoms. The third-order valence-corrected chi connectivity index (χ3v) is 7.03. The molecule has 0 saturated heterocycles. The van der Waals surface area contributed by atoms with Crippen molar-refractivity contribution < 1.29 is 45.2 Å². The first-order valence-electron chi connectivity index (χ1n) is 13.9. The molecule has 0 atom stereocenters. The van der Waals surface area contributed by atoms with Crippen molar-refractivity contribution in [3.05, 3.63) is 142 Å². The van der Waals surface area contributed by atoms with Gasteiger partial charge in [-0.3, -0.25) is 19.0 Å². The number of hydrogen-bond donors (Lipinski definition) is 3. The smallest absolute Gasteiger partial charge is 0.507 e. The molecule has 0 aliphatic heterocycles. The number of phenols is 1. The summed E-state index contributed by atoms with van der Waals surface area (Å²) in [6, 6.07) is 22.2. The number of nitrogens with zero attached hydrogens (tertiary/aromatic N) is 8. The van der Waals surface area contributed by atoms with Crippen LogP contribution in [0.4, 0.5) is 11.4 Å². The van der Waals surface area contributed by atoms with Crippen LogP contribution in [0.3, 0.4) is 0 Å². The molecule has 0 fully saturated rings. The first-order chi connectivity index (χ1) is 22.6. The molecule has 0 radical (unpaired) electrons. The molecule has 0 unspecified atom stereocenters. The van der Waals surface area contributed by atoms with Gasteiger partial charge < -0.3 is 15.5 Å². The van der Waals surface area contributed by atoms with E-state index in [0.29, 0.717) is 22.5 Å². The molecule has 2 aromatic heterocycles. The number of benzene rings is 3. The third kappa shape index (κ3) is 9.45. The second kappa shape index (κ2) is 17.1. The number of aryl methyl sites for hydroxylation is 1. The van der Waals surface area contributed by atoms with Gasteiger partial charge in [-0.25, -0.2) is 19.3 Å². The van der Waals surface area contributed by atoms with Crippen molar-refractivity contribution in [2.45, 2.75) is 20.8 Å². The van der Waals surface area contributed by atoms with Crippen LogP contribution in [0.5, 0.6) is 5.75 Å². The number of para-hydroxylation sites is 2. The van der Waals surface area contributed by atoms with Crippen LogP contribution in [0.1, 0.15) is 28.1 Å². The van der Waals surface area contributed by atoms with Gasteiger partial charge in [0.25, 0.3) is 21.3 Å². The maximum Gasteiger partial charge on any atom is 2.00 e. The predicted octanol–water partition coefficient (Wildman–Crippen LogP) is 4.10. The van der Waals surface area contributed by atoms with Crippen molar-refractivity contribution in [2.75, 3.05) is 0 Å². The average Bonchev–Trinajstić information content (AvgIpc) is 3.37. The van der Waals surface area contributed by atoms with E-state index in [1.165, 1.54) is 12.4 Å². The molecule has 3 aromatic carbocycles. The first-order valence-corrected chi connectivity index (χ1v) is 13.9. The summed E-state index contributed by atoms with van der Waals surface area (Å²) in [6.07, 6.45) is 2.96. The summed E-state index contributed by atoms with van der Waals surface area (Å²) in [6.45, 7) is 5.54. The number of aromatic nitrogens is 4. The van der Waals surface area contributed by atoms with Crippen LogP contribution in [0.25, 0.3) is 11.4 Å². The Bertz CT molecular complexity index is 1960. The Hall–Kier alpha value is -6.16. The van der Waals surface area contributed by atoms with Gasteiger partial charge in [-0.15, -0.1) is 20.2 Å². The van der Waals surface area contributed by atoms with E-state index in [9.17, 15) is 14.7 Å². The van der Waals surface area contributed by atoms with E-state index in [4.69, 9.17) is 30.6 Å². The fourth-order valence-electron chi connectivity index (χ4n) is 4.71. The normalized spacial score (nSPS) is 10.6. The average molecular weight is 726 g/mol. The largest absolute Gasteiger partial charge is 2.00 e. The van der Waals surface area contributed by atoms with Crippen LogP contribution in [-0.2, 0) is 33.6 Å². The molecule has 18 heteroatoms. The van der Waals surface area contributed by atoms with Crippen molar-refractivity contribution in [3.63, 3.8) is 0 Å². The quantitative estimate of drug-likeness (QED) is 0.0990. The standard InChI is InChI=1S/C31H30N6O3.2HNO3.Zn/c1-20-16-23(18-32-27-21(2)34(4)36(30(27)39)25-12-8-6-9-13-25)29(38)24(17-20)19-33-28-22(3)35(5)37(31(28)40)26-14-10-7-11-15-26;2*2-1(3)4;/h6-19,38H,1-5H3;2*(H,2,3,4);/q;;;+2.